The number of halogens is 3. The van der Waals surface area contributed by atoms with E-state index < -0.39 is 27.1 Å². The topological polar surface area (TPSA) is 78.5 Å². The van der Waals surface area contributed by atoms with Crippen LogP contribution >= 0.6 is 0 Å². The van der Waals surface area contributed by atoms with Crippen LogP contribution in [-0.2, 0) is 16.6 Å². The van der Waals surface area contributed by atoms with Crippen molar-refractivity contribution in [2.45, 2.75) is 12.1 Å². The molecular weight excluding hydrogens is 383 g/mol. The number of anilines is 2. The molecule has 2 rings (SSSR count). The first-order chi connectivity index (χ1) is 12.5. The van der Waals surface area contributed by atoms with Crippen molar-refractivity contribution >= 4 is 27.3 Å². The number of nitrogens with zero attached hydrogens (tertiary/aromatic N) is 1. The first-order valence-corrected chi connectivity index (χ1v) is 9.21. The Kier molecular flexibility index (Phi) is 6.11. The maximum Gasteiger partial charge on any atom is 0.516 e. The van der Waals surface area contributed by atoms with E-state index in [2.05, 4.69) is 5.32 Å². The average molecular weight is 401 g/mol. The van der Waals surface area contributed by atoms with Gasteiger partial charge in [-0.2, -0.15) is 21.6 Å². The minimum Gasteiger partial charge on any atom is -0.322 e. The lowest BCUT2D eigenvalue weighted by Crippen LogP contribution is -2.30. The fraction of sp³-hybridized carbons (Fsp3) is 0.235. The molecule has 0 bridgehead atoms. The number of alkyl halides is 3. The predicted molar refractivity (Wildman–Crippen MR) is 96.8 cm³/mol. The number of carbonyl (C=O) groups excluding carboxylic acids is 1. The van der Waals surface area contributed by atoms with E-state index in [9.17, 15) is 26.4 Å². The van der Waals surface area contributed by atoms with E-state index in [1.54, 1.807) is 18.2 Å². The molecule has 0 aliphatic rings. The number of para-hydroxylation sites is 1. The molecule has 0 aliphatic heterocycles. The van der Waals surface area contributed by atoms with Gasteiger partial charge in [0, 0.05) is 12.2 Å². The van der Waals surface area contributed by atoms with Crippen LogP contribution in [0.15, 0.2) is 48.5 Å². The summed E-state index contributed by atoms with van der Waals surface area (Å²) in [6.07, 6.45) is 0. The maximum absolute atomic E-state index is 12.6. The summed E-state index contributed by atoms with van der Waals surface area (Å²) >= 11 is 0. The molecular formula is C17H18F3N3O3S. The molecule has 0 unspecified atom stereocenters. The Morgan fingerprint density at radius 3 is 2.37 bits per heavy atom. The molecule has 0 saturated heterocycles. The third kappa shape index (κ3) is 5.44. The van der Waals surface area contributed by atoms with Gasteiger partial charge < -0.3 is 10.2 Å². The lowest BCUT2D eigenvalue weighted by Gasteiger charge is -2.15. The molecule has 27 heavy (non-hydrogen) atoms. The second-order valence-corrected chi connectivity index (χ2v) is 7.66. The van der Waals surface area contributed by atoms with Crippen LogP contribution in [0.5, 0.6) is 0 Å². The van der Waals surface area contributed by atoms with Gasteiger partial charge in [-0.3, -0.25) is 9.52 Å². The number of hydrogen-bond donors (Lipinski definition) is 2. The van der Waals surface area contributed by atoms with Gasteiger partial charge >= 0.3 is 15.5 Å². The molecule has 2 aromatic rings. The van der Waals surface area contributed by atoms with E-state index in [0.717, 1.165) is 11.6 Å². The molecule has 0 heterocycles. The molecule has 0 spiro atoms. The Bertz CT molecular complexity index is 928. The Balaban J connectivity index is 2.26. The lowest BCUT2D eigenvalue weighted by molar-refractivity contribution is -0.0429. The monoisotopic (exact) mass is 401 g/mol. The smallest absolute Gasteiger partial charge is 0.322 e. The Labute approximate surface area is 155 Å². The summed E-state index contributed by atoms with van der Waals surface area (Å²) in [5.74, 6) is -0.738. The Morgan fingerprint density at radius 1 is 1.07 bits per heavy atom. The summed E-state index contributed by atoms with van der Waals surface area (Å²) in [6, 6.07) is 12.0. The molecule has 146 valence electrons. The summed E-state index contributed by atoms with van der Waals surface area (Å²) in [7, 11) is -1.87. The van der Waals surface area contributed by atoms with Gasteiger partial charge in [0.25, 0.3) is 5.91 Å². The number of amides is 1. The van der Waals surface area contributed by atoms with Gasteiger partial charge in [-0.05, 0) is 43.9 Å². The Morgan fingerprint density at radius 2 is 1.74 bits per heavy atom. The van der Waals surface area contributed by atoms with Crippen molar-refractivity contribution in [3.8, 4) is 0 Å². The summed E-state index contributed by atoms with van der Waals surface area (Å²) in [6.45, 7) is 0.631. The van der Waals surface area contributed by atoms with Gasteiger partial charge in [0.1, 0.15) is 0 Å². The zero-order chi connectivity index (χ0) is 20.2. The highest BCUT2D eigenvalue weighted by molar-refractivity contribution is 7.93. The molecule has 0 saturated carbocycles. The number of rotatable bonds is 6. The minimum atomic E-state index is -5.64. The van der Waals surface area contributed by atoms with E-state index in [-0.39, 0.29) is 5.56 Å². The van der Waals surface area contributed by atoms with Crippen LogP contribution in [0, 0.1) is 0 Å². The lowest BCUT2D eigenvalue weighted by atomic mass is 10.1. The predicted octanol–water partition coefficient (Wildman–Crippen LogP) is 3.26. The third-order valence-corrected chi connectivity index (χ3v) is 4.50. The largest absolute Gasteiger partial charge is 0.516 e. The van der Waals surface area contributed by atoms with Crippen molar-refractivity contribution in [3.05, 3.63) is 59.7 Å². The minimum absolute atomic E-state index is 0.233. The van der Waals surface area contributed by atoms with Crippen molar-refractivity contribution in [3.63, 3.8) is 0 Å². The number of carbonyl (C=O) groups is 1. The molecule has 0 fully saturated rings. The van der Waals surface area contributed by atoms with Gasteiger partial charge in [0.2, 0.25) is 0 Å². The van der Waals surface area contributed by atoms with Crippen molar-refractivity contribution < 1.29 is 26.4 Å². The molecule has 2 N–H and O–H groups in total. The van der Waals surface area contributed by atoms with Gasteiger partial charge in [0.15, 0.2) is 0 Å². The number of benzene rings is 2. The van der Waals surface area contributed by atoms with Crippen molar-refractivity contribution in [1.82, 2.24) is 4.90 Å². The summed E-state index contributed by atoms with van der Waals surface area (Å²) in [5, 5.41) is 2.56. The zero-order valence-corrected chi connectivity index (χ0v) is 15.4. The first-order valence-electron chi connectivity index (χ1n) is 7.73. The van der Waals surface area contributed by atoms with Gasteiger partial charge in [-0.25, -0.2) is 0 Å². The van der Waals surface area contributed by atoms with Crippen LogP contribution in [0.3, 0.4) is 0 Å². The molecule has 6 nitrogen and oxygen atoms in total. The molecule has 0 radical (unpaired) electrons. The van der Waals surface area contributed by atoms with Crippen LogP contribution in [0.25, 0.3) is 0 Å². The zero-order valence-electron chi connectivity index (χ0n) is 14.5. The average Bonchev–Trinajstić information content (AvgIpc) is 2.53. The van der Waals surface area contributed by atoms with E-state index in [0.29, 0.717) is 12.2 Å². The molecule has 2 aromatic carbocycles. The highest BCUT2D eigenvalue weighted by Gasteiger charge is 2.46. The van der Waals surface area contributed by atoms with Crippen molar-refractivity contribution in [2.24, 2.45) is 0 Å². The van der Waals surface area contributed by atoms with Crippen molar-refractivity contribution in [1.29, 1.82) is 0 Å². The van der Waals surface area contributed by atoms with E-state index in [1.165, 1.54) is 22.9 Å². The fourth-order valence-electron chi connectivity index (χ4n) is 2.28. The van der Waals surface area contributed by atoms with Crippen LogP contribution in [0.2, 0.25) is 0 Å². The third-order valence-electron chi connectivity index (χ3n) is 3.40. The van der Waals surface area contributed by atoms with E-state index in [4.69, 9.17) is 0 Å². The van der Waals surface area contributed by atoms with E-state index in [1.807, 2.05) is 25.1 Å². The summed E-state index contributed by atoms with van der Waals surface area (Å²) in [4.78, 5) is 14.4. The number of nitrogens with one attached hydrogen (secondary N) is 2. The van der Waals surface area contributed by atoms with Crippen LogP contribution in [-0.4, -0.2) is 38.8 Å². The van der Waals surface area contributed by atoms with Gasteiger partial charge in [-0.1, -0.05) is 24.3 Å². The number of sulfonamides is 1. The SMILES string of the molecule is CN(C)Cc1cccc(NC(=O)c2ccccc2NS(=O)(=O)C(F)(F)F)c1. The van der Waals surface area contributed by atoms with Crippen LogP contribution in [0.4, 0.5) is 24.5 Å². The second-order valence-electron chi connectivity index (χ2n) is 5.99. The molecule has 0 aliphatic carbocycles. The summed E-state index contributed by atoms with van der Waals surface area (Å²) < 4.78 is 61.8. The van der Waals surface area contributed by atoms with Crippen LogP contribution in [0.1, 0.15) is 15.9 Å². The maximum atomic E-state index is 12.6. The summed E-state index contributed by atoms with van der Waals surface area (Å²) in [5.41, 5.74) is -4.83. The normalized spacial score (nSPS) is 12.1. The quantitative estimate of drug-likeness (QED) is 0.779. The van der Waals surface area contributed by atoms with Gasteiger partial charge in [0.05, 0.1) is 11.3 Å². The van der Waals surface area contributed by atoms with Gasteiger partial charge in [-0.15, -0.1) is 0 Å². The molecule has 1 amide bonds. The van der Waals surface area contributed by atoms with Crippen molar-refractivity contribution in [2.75, 3.05) is 24.1 Å². The second kappa shape index (κ2) is 7.97. The Hall–Kier alpha value is -2.59. The highest BCUT2D eigenvalue weighted by atomic mass is 32.2. The molecule has 0 atom stereocenters. The fourth-order valence-corrected chi connectivity index (χ4v) is 2.87. The highest BCUT2D eigenvalue weighted by Crippen LogP contribution is 2.27. The van der Waals surface area contributed by atoms with Crippen LogP contribution < -0.4 is 10.0 Å². The standard InChI is InChI=1S/C17H18F3N3O3S/c1-23(2)11-12-6-5-7-13(10-12)21-16(24)14-8-3-4-9-15(14)22-27(25,26)17(18,19)20/h3-10,22H,11H2,1-2H3,(H,21,24). The number of hydrogen-bond acceptors (Lipinski definition) is 4. The molecule has 10 heteroatoms. The first kappa shape index (κ1) is 20.7. The molecule has 0 aromatic heterocycles. The van der Waals surface area contributed by atoms with E-state index >= 15 is 0 Å².